The lowest BCUT2D eigenvalue weighted by Gasteiger charge is -2.15. The number of aromatic nitrogens is 2. The summed E-state index contributed by atoms with van der Waals surface area (Å²) < 4.78 is 5.00. The largest absolute Gasteiger partial charge is 0.480 e. The number of benzene rings is 1. The molecule has 2 aromatic rings. The Kier molecular flexibility index (Phi) is 4.75. The van der Waals surface area contributed by atoms with E-state index < -0.39 is 0 Å². The highest BCUT2D eigenvalue weighted by atomic mass is 16.5. The monoisotopic (exact) mass is 366 g/mol. The van der Waals surface area contributed by atoms with Gasteiger partial charge in [-0.25, -0.2) is 0 Å². The maximum Gasteiger partial charge on any atom is 0.251 e. The summed E-state index contributed by atoms with van der Waals surface area (Å²) in [4.78, 5) is 26.3. The van der Waals surface area contributed by atoms with E-state index in [1.54, 1.807) is 25.3 Å². The second-order valence-corrected chi connectivity index (χ2v) is 7.10. The highest BCUT2D eigenvalue weighted by molar-refractivity contribution is 5.94. The molecule has 1 atom stereocenters. The number of nitrogens with zero attached hydrogens (tertiary/aromatic N) is 3. The van der Waals surface area contributed by atoms with Crippen molar-refractivity contribution in [2.24, 2.45) is 5.92 Å². The molecular weight excluding hydrogens is 344 g/mol. The van der Waals surface area contributed by atoms with Crippen LogP contribution in [-0.4, -0.2) is 53.2 Å². The van der Waals surface area contributed by atoms with Crippen LogP contribution in [0.4, 0.5) is 0 Å². The Morgan fingerprint density at radius 3 is 2.59 bits per heavy atom. The van der Waals surface area contributed by atoms with Gasteiger partial charge in [-0.1, -0.05) is 12.1 Å². The van der Waals surface area contributed by atoms with Gasteiger partial charge in [0.15, 0.2) is 0 Å². The number of rotatable bonds is 6. The van der Waals surface area contributed by atoms with E-state index in [1.165, 1.54) is 0 Å². The number of carbonyl (C=O) groups excluding carboxylic acids is 2. The van der Waals surface area contributed by atoms with Gasteiger partial charge in [0.2, 0.25) is 11.8 Å². The fourth-order valence-electron chi connectivity index (χ4n) is 3.40. The normalized spacial score (nSPS) is 19.2. The number of methoxy groups -OCH3 is 1. The first-order chi connectivity index (χ1) is 13.1. The number of ether oxygens (including phenoxy) is 1. The summed E-state index contributed by atoms with van der Waals surface area (Å²) in [7, 11) is 1.54. The van der Waals surface area contributed by atoms with Gasteiger partial charge in [-0.05, 0) is 31.0 Å². The van der Waals surface area contributed by atoms with Gasteiger partial charge in [0.25, 0.3) is 5.91 Å². The van der Waals surface area contributed by atoms with E-state index in [4.69, 9.17) is 4.74 Å². The van der Waals surface area contributed by atoms with Crippen molar-refractivity contribution in [1.29, 1.82) is 0 Å². The van der Waals surface area contributed by atoms with Crippen LogP contribution in [0.5, 0.6) is 5.88 Å². The smallest absolute Gasteiger partial charge is 0.251 e. The van der Waals surface area contributed by atoms with Crippen LogP contribution in [0.2, 0.25) is 0 Å². The number of carbonyl (C=O) groups is 2. The molecule has 1 aromatic carbocycles. The molecule has 2 fully saturated rings. The zero-order chi connectivity index (χ0) is 18.8. The summed E-state index contributed by atoms with van der Waals surface area (Å²) in [5.41, 5.74) is 2.18. The molecule has 140 valence electrons. The molecule has 7 nitrogen and oxygen atoms in total. The van der Waals surface area contributed by atoms with Gasteiger partial charge < -0.3 is 15.0 Å². The Bertz CT molecular complexity index is 831. The first-order valence-corrected chi connectivity index (χ1v) is 9.20. The molecule has 0 unspecified atom stereocenters. The van der Waals surface area contributed by atoms with Crippen molar-refractivity contribution >= 4 is 11.8 Å². The van der Waals surface area contributed by atoms with Crippen molar-refractivity contribution in [3.8, 4) is 17.1 Å². The minimum atomic E-state index is -0.125. The average Bonchev–Trinajstić information content (AvgIpc) is 3.48. The summed E-state index contributed by atoms with van der Waals surface area (Å²) in [6.45, 7) is 1.29. The molecule has 1 saturated heterocycles. The number of likely N-dealkylation sites (tertiary alicyclic amines) is 1. The van der Waals surface area contributed by atoms with E-state index in [0.29, 0.717) is 36.1 Å². The van der Waals surface area contributed by atoms with E-state index >= 15 is 0 Å². The number of nitrogens with one attached hydrogen (secondary N) is 1. The maximum atomic E-state index is 12.4. The summed E-state index contributed by atoms with van der Waals surface area (Å²) in [5, 5.41) is 11.0. The molecule has 1 aromatic heterocycles. The van der Waals surface area contributed by atoms with Crippen molar-refractivity contribution in [3.05, 3.63) is 42.0 Å². The highest BCUT2D eigenvalue weighted by Crippen LogP contribution is 2.32. The van der Waals surface area contributed by atoms with Crippen molar-refractivity contribution in [1.82, 2.24) is 20.4 Å². The Morgan fingerprint density at radius 2 is 1.96 bits per heavy atom. The first kappa shape index (κ1) is 17.5. The molecule has 7 heteroatoms. The van der Waals surface area contributed by atoms with E-state index in [0.717, 1.165) is 24.9 Å². The molecule has 2 aliphatic rings. The third-order valence-electron chi connectivity index (χ3n) is 5.07. The summed E-state index contributed by atoms with van der Waals surface area (Å²) in [6, 6.07) is 11.3. The topological polar surface area (TPSA) is 84.4 Å². The second kappa shape index (κ2) is 7.34. The van der Waals surface area contributed by atoms with Crippen LogP contribution in [0, 0.1) is 5.92 Å². The van der Waals surface area contributed by atoms with E-state index in [-0.39, 0.29) is 17.7 Å². The third kappa shape index (κ3) is 3.92. The van der Waals surface area contributed by atoms with Crippen LogP contribution >= 0.6 is 0 Å². The molecule has 0 bridgehead atoms. The van der Waals surface area contributed by atoms with Crippen molar-refractivity contribution in [3.63, 3.8) is 0 Å². The SMILES string of the molecule is COc1ccc(-c2ccc(C(=O)NC[C@H]3CC(=O)N(C4CC4)C3)cc2)nn1. The van der Waals surface area contributed by atoms with Crippen molar-refractivity contribution in [2.45, 2.75) is 25.3 Å². The predicted molar refractivity (Wildman–Crippen MR) is 99.2 cm³/mol. The molecule has 1 N–H and O–H groups in total. The average molecular weight is 366 g/mol. The molecule has 2 amide bonds. The van der Waals surface area contributed by atoms with Crippen LogP contribution in [0.15, 0.2) is 36.4 Å². The minimum absolute atomic E-state index is 0.125. The van der Waals surface area contributed by atoms with Gasteiger partial charge in [0, 0.05) is 48.7 Å². The van der Waals surface area contributed by atoms with Gasteiger partial charge in [0.05, 0.1) is 12.8 Å². The van der Waals surface area contributed by atoms with Gasteiger partial charge in [-0.3, -0.25) is 9.59 Å². The predicted octanol–water partition coefficient (Wildman–Crippen LogP) is 1.89. The fourth-order valence-corrected chi connectivity index (χ4v) is 3.40. The Hall–Kier alpha value is -2.96. The zero-order valence-electron chi connectivity index (χ0n) is 15.2. The lowest BCUT2D eigenvalue weighted by atomic mass is 10.1. The number of hydrogen-bond acceptors (Lipinski definition) is 5. The second-order valence-electron chi connectivity index (χ2n) is 7.10. The van der Waals surface area contributed by atoms with Crippen LogP contribution in [0.1, 0.15) is 29.6 Å². The molecular formula is C20H22N4O3. The van der Waals surface area contributed by atoms with E-state index in [1.807, 2.05) is 23.1 Å². The van der Waals surface area contributed by atoms with E-state index in [2.05, 4.69) is 15.5 Å². The maximum absolute atomic E-state index is 12.4. The van der Waals surface area contributed by atoms with Crippen LogP contribution < -0.4 is 10.1 Å². The van der Waals surface area contributed by atoms with Crippen molar-refractivity contribution in [2.75, 3.05) is 20.2 Å². The number of amides is 2. The Labute approximate surface area is 157 Å². The van der Waals surface area contributed by atoms with Gasteiger partial charge in [-0.2, -0.15) is 0 Å². The van der Waals surface area contributed by atoms with Crippen LogP contribution in [-0.2, 0) is 4.79 Å². The highest BCUT2D eigenvalue weighted by Gasteiger charge is 2.39. The Morgan fingerprint density at radius 1 is 1.19 bits per heavy atom. The van der Waals surface area contributed by atoms with Crippen molar-refractivity contribution < 1.29 is 14.3 Å². The molecule has 1 saturated carbocycles. The number of hydrogen-bond donors (Lipinski definition) is 1. The summed E-state index contributed by atoms with van der Waals surface area (Å²) in [5.74, 6) is 0.762. The zero-order valence-corrected chi connectivity index (χ0v) is 15.2. The first-order valence-electron chi connectivity index (χ1n) is 9.20. The van der Waals surface area contributed by atoms with Gasteiger partial charge in [0.1, 0.15) is 0 Å². The van der Waals surface area contributed by atoms with Gasteiger partial charge >= 0.3 is 0 Å². The van der Waals surface area contributed by atoms with Crippen LogP contribution in [0.25, 0.3) is 11.3 Å². The molecule has 1 aliphatic heterocycles. The summed E-state index contributed by atoms with van der Waals surface area (Å²) in [6.07, 6.45) is 2.78. The quantitative estimate of drug-likeness (QED) is 0.844. The van der Waals surface area contributed by atoms with Crippen LogP contribution in [0.3, 0.4) is 0 Å². The van der Waals surface area contributed by atoms with E-state index in [9.17, 15) is 9.59 Å². The Balaban J connectivity index is 1.33. The molecule has 1 aliphatic carbocycles. The standard InChI is InChI=1S/C20H22N4O3/c1-27-18-9-8-17(22-23-18)14-2-4-15(5-3-14)20(26)21-11-13-10-19(25)24(12-13)16-6-7-16/h2-5,8-9,13,16H,6-7,10-12H2,1H3,(H,21,26)/t13-/m1/s1. The molecule has 27 heavy (non-hydrogen) atoms. The molecule has 0 spiro atoms. The molecule has 2 heterocycles. The van der Waals surface area contributed by atoms with Gasteiger partial charge in [-0.15, -0.1) is 10.2 Å². The summed E-state index contributed by atoms with van der Waals surface area (Å²) >= 11 is 0. The minimum Gasteiger partial charge on any atom is -0.480 e. The fraction of sp³-hybridized carbons (Fsp3) is 0.400. The molecule has 4 rings (SSSR count). The third-order valence-corrected chi connectivity index (χ3v) is 5.07. The lowest BCUT2D eigenvalue weighted by Crippen LogP contribution is -2.32. The lowest BCUT2D eigenvalue weighted by molar-refractivity contribution is -0.128. The molecule has 0 radical (unpaired) electrons.